The Morgan fingerprint density at radius 2 is 2.30 bits per heavy atom. The van der Waals surface area contributed by atoms with Crippen molar-refractivity contribution in [3.63, 3.8) is 0 Å². The molecule has 0 saturated heterocycles. The van der Waals surface area contributed by atoms with E-state index >= 15 is 0 Å². The molecule has 0 atom stereocenters. The molecule has 0 aromatic heterocycles. The molecule has 0 amide bonds. The SMILES string of the molecule is C=CC(/C=C/CC)=C\OC. The first-order valence-corrected chi connectivity index (χ1v) is 3.37. The van der Waals surface area contributed by atoms with Gasteiger partial charge in [0.2, 0.25) is 0 Å². The number of ether oxygens (including phenoxy) is 1. The van der Waals surface area contributed by atoms with E-state index in [-0.39, 0.29) is 0 Å². The highest BCUT2D eigenvalue weighted by Gasteiger charge is 1.80. The Labute approximate surface area is 62.7 Å². The van der Waals surface area contributed by atoms with Crippen LogP contribution in [-0.4, -0.2) is 7.11 Å². The second-order valence-corrected chi connectivity index (χ2v) is 1.87. The molecular weight excluding hydrogens is 124 g/mol. The number of hydrogen-bond acceptors (Lipinski definition) is 1. The summed E-state index contributed by atoms with van der Waals surface area (Å²) < 4.78 is 4.81. The van der Waals surface area contributed by atoms with Crippen LogP contribution >= 0.6 is 0 Å². The summed E-state index contributed by atoms with van der Waals surface area (Å²) in [5.74, 6) is 0. The van der Waals surface area contributed by atoms with E-state index in [1.807, 2.05) is 6.08 Å². The zero-order valence-electron chi connectivity index (χ0n) is 6.63. The lowest BCUT2D eigenvalue weighted by Gasteiger charge is -1.91. The first kappa shape index (κ1) is 9.02. The molecule has 0 bridgehead atoms. The average molecular weight is 138 g/mol. The highest BCUT2D eigenvalue weighted by atomic mass is 16.5. The molecule has 10 heavy (non-hydrogen) atoms. The van der Waals surface area contributed by atoms with Crippen LogP contribution < -0.4 is 0 Å². The minimum atomic E-state index is 1.00. The van der Waals surface area contributed by atoms with E-state index in [4.69, 9.17) is 4.74 Å². The molecule has 0 rings (SSSR count). The van der Waals surface area contributed by atoms with Crippen LogP contribution in [0.2, 0.25) is 0 Å². The first-order valence-electron chi connectivity index (χ1n) is 3.37. The van der Waals surface area contributed by atoms with Crippen LogP contribution in [0, 0.1) is 0 Å². The van der Waals surface area contributed by atoms with Crippen LogP contribution in [0.25, 0.3) is 0 Å². The highest BCUT2D eigenvalue weighted by molar-refractivity contribution is 5.26. The number of allylic oxidation sites excluding steroid dienone is 4. The van der Waals surface area contributed by atoms with E-state index < -0.39 is 0 Å². The summed E-state index contributed by atoms with van der Waals surface area (Å²) in [6.45, 7) is 5.72. The largest absolute Gasteiger partial charge is 0.504 e. The van der Waals surface area contributed by atoms with E-state index in [0.29, 0.717) is 0 Å². The maximum Gasteiger partial charge on any atom is 0.0896 e. The molecule has 0 aliphatic heterocycles. The molecule has 0 aliphatic carbocycles. The van der Waals surface area contributed by atoms with Gasteiger partial charge in [-0.1, -0.05) is 31.7 Å². The van der Waals surface area contributed by atoms with Crippen LogP contribution in [0.1, 0.15) is 13.3 Å². The zero-order chi connectivity index (χ0) is 7.82. The van der Waals surface area contributed by atoms with Gasteiger partial charge >= 0.3 is 0 Å². The summed E-state index contributed by atoms with van der Waals surface area (Å²) in [5, 5.41) is 0. The van der Waals surface area contributed by atoms with Crippen LogP contribution in [0.15, 0.2) is 36.6 Å². The van der Waals surface area contributed by atoms with Gasteiger partial charge in [-0.3, -0.25) is 0 Å². The third-order valence-corrected chi connectivity index (χ3v) is 1.04. The lowest BCUT2D eigenvalue weighted by molar-refractivity contribution is 0.336. The Bertz CT molecular complexity index is 143. The van der Waals surface area contributed by atoms with Crippen molar-refractivity contribution in [2.45, 2.75) is 13.3 Å². The number of hydrogen-bond donors (Lipinski definition) is 0. The smallest absolute Gasteiger partial charge is 0.0896 e. The molecule has 0 aromatic carbocycles. The minimum absolute atomic E-state index is 1.00. The van der Waals surface area contributed by atoms with Gasteiger partial charge in [0, 0.05) is 5.57 Å². The van der Waals surface area contributed by atoms with Gasteiger partial charge in [-0.05, 0) is 6.42 Å². The van der Waals surface area contributed by atoms with Crippen molar-refractivity contribution in [3.05, 3.63) is 36.6 Å². The summed E-state index contributed by atoms with van der Waals surface area (Å²) in [5.41, 5.74) is 1.00. The van der Waals surface area contributed by atoms with Gasteiger partial charge in [0.15, 0.2) is 0 Å². The number of rotatable bonds is 4. The maximum atomic E-state index is 4.81. The zero-order valence-corrected chi connectivity index (χ0v) is 6.63. The highest BCUT2D eigenvalue weighted by Crippen LogP contribution is 1.98. The van der Waals surface area contributed by atoms with Crippen LogP contribution in [0.5, 0.6) is 0 Å². The standard InChI is InChI=1S/C9H14O/c1-4-6-7-9(5-2)8-10-3/h5-8H,2,4H2,1,3H3/b7-6+,9-8+. The van der Waals surface area contributed by atoms with Crippen molar-refractivity contribution < 1.29 is 4.74 Å². The van der Waals surface area contributed by atoms with Crippen LogP contribution in [-0.2, 0) is 4.74 Å². The van der Waals surface area contributed by atoms with Crippen molar-refractivity contribution in [3.8, 4) is 0 Å². The lowest BCUT2D eigenvalue weighted by Crippen LogP contribution is -1.72. The summed E-state index contributed by atoms with van der Waals surface area (Å²) in [4.78, 5) is 0. The molecule has 0 spiro atoms. The van der Waals surface area contributed by atoms with E-state index in [1.54, 1.807) is 19.4 Å². The predicted octanol–water partition coefficient (Wildman–Crippen LogP) is 2.67. The average Bonchev–Trinajstić information content (AvgIpc) is 1.98. The molecular formula is C9H14O. The fourth-order valence-corrected chi connectivity index (χ4v) is 0.545. The summed E-state index contributed by atoms with van der Waals surface area (Å²) in [7, 11) is 1.63. The van der Waals surface area contributed by atoms with Crippen molar-refractivity contribution in [1.29, 1.82) is 0 Å². The quantitative estimate of drug-likeness (QED) is 0.428. The molecule has 0 unspecified atom stereocenters. The molecule has 56 valence electrons. The number of methoxy groups -OCH3 is 1. The van der Waals surface area contributed by atoms with Gasteiger partial charge in [0.25, 0.3) is 0 Å². The maximum absolute atomic E-state index is 4.81. The third-order valence-electron chi connectivity index (χ3n) is 1.04. The van der Waals surface area contributed by atoms with Crippen LogP contribution in [0.4, 0.5) is 0 Å². The van der Waals surface area contributed by atoms with Crippen molar-refractivity contribution in [2.75, 3.05) is 7.11 Å². The normalized spacial score (nSPS) is 12.0. The Morgan fingerprint density at radius 1 is 1.60 bits per heavy atom. The van der Waals surface area contributed by atoms with E-state index in [9.17, 15) is 0 Å². The fraction of sp³-hybridized carbons (Fsp3) is 0.333. The Hall–Kier alpha value is -0.980. The van der Waals surface area contributed by atoms with Gasteiger partial charge < -0.3 is 4.74 Å². The van der Waals surface area contributed by atoms with Crippen molar-refractivity contribution in [2.24, 2.45) is 0 Å². The molecule has 0 radical (unpaired) electrons. The van der Waals surface area contributed by atoms with Gasteiger partial charge in [0.1, 0.15) is 0 Å². The summed E-state index contributed by atoms with van der Waals surface area (Å²) in [6.07, 6.45) is 8.51. The molecule has 0 aromatic rings. The Balaban J connectivity index is 3.94. The summed E-state index contributed by atoms with van der Waals surface area (Å²) >= 11 is 0. The molecule has 0 heterocycles. The molecule has 1 nitrogen and oxygen atoms in total. The van der Waals surface area contributed by atoms with E-state index in [0.717, 1.165) is 12.0 Å². The van der Waals surface area contributed by atoms with Gasteiger partial charge in [0.05, 0.1) is 13.4 Å². The monoisotopic (exact) mass is 138 g/mol. The topological polar surface area (TPSA) is 9.23 Å². The summed E-state index contributed by atoms with van der Waals surface area (Å²) in [6, 6.07) is 0. The first-order chi connectivity index (χ1) is 4.85. The van der Waals surface area contributed by atoms with Crippen LogP contribution in [0.3, 0.4) is 0 Å². The van der Waals surface area contributed by atoms with Crippen molar-refractivity contribution in [1.82, 2.24) is 0 Å². The predicted molar refractivity (Wildman–Crippen MR) is 44.7 cm³/mol. The Kier molecular flexibility index (Phi) is 5.54. The van der Waals surface area contributed by atoms with E-state index in [1.165, 1.54) is 0 Å². The van der Waals surface area contributed by atoms with Gasteiger partial charge in [-0.2, -0.15) is 0 Å². The fourth-order valence-electron chi connectivity index (χ4n) is 0.545. The lowest BCUT2D eigenvalue weighted by atomic mass is 10.2. The molecule has 0 fully saturated rings. The second kappa shape index (κ2) is 6.14. The Morgan fingerprint density at radius 3 is 2.70 bits per heavy atom. The van der Waals surface area contributed by atoms with Gasteiger partial charge in [-0.15, -0.1) is 0 Å². The second-order valence-electron chi connectivity index (χ2n) is 1.87. The molecule has 1 heteroatoms. The van der Waals surface area contributed by atoms with E-state index in [2.05, 4.69) is 19.6 Å². The van der Waals surface area contributed by atoms with Gasteiger partial charge in [-0.25, -0.2) is 0 Å². The van der Waals surface area contributed by atoms with Crippen molar-refractivity contribution >= 4 is 0 Å². The minimum Gasteiger partial charge on any atom is -0.504 e. The molecule has 0 aliphatic rings. The molecule has 0 saturated carbocycles. The molecule has 0 N–H and O–H groups in total. The third kappa shape index (κ3) is 3.96.